The van der Waals surface area contributed by atoms with E-state index in [2.05, 4.69) is 10.3 Å². The van der Waals surface area contributed by atoms with Crippen molar-refractivity contribution in [3.8, 4) is 0 Å². The van der Waals surface area contributed by atoms with Gasteiger partial charge >= 0.3 is 0 Å². The molecule has 0 aromatic rings. The smallest absolute Gasteiger partial charge is 0.248 e. The van der Waals surface area contributed by atoms with Gasteiger partial charge in [-0.25, -0.2) is 5.48 Å². The van der Waals surface area contributed by atoms with Crippen LogP contribution in [0.25, 0.3) is 0 Å². The lowest BCUT2D eigenvalue weighted by Crippen LogP contribution is -2.46. The van der Waals surface area contributed by atoms with Crippen LogP contribution in [-0.4, -0.2) is 42.3 Å². The number of carbonyl (C=O) groups is 3. The number of hydrogen-bond donors (Lipinski definition) is 2. The van der Waals surface area contributed by atoms with Crippen LogP contribution in [0.4, 0.5) is 0 Å². The number of nitrogens with one attached hydrogen (secondary N) is 1. The highest BCUT2D eigenvalue weighted by atomic mass is 16.7. The van der Waals surface area contributed by atoms with E-state index in [0.717, 1.165) is 6.42 Å². The molecule has 1 rings (SSSR count). The second-order valence-electron chi connectivity index (χ2n) is 5.00. The van der Waals surface area contributed by atoms with Gasteiger partial charge < -0.3 is 10.6 Å². The first-order valence-electron chi connectivity index (χ1n) is 6.40. The Morgan fingerprint density at radius 3 is 2.68 bits per heavy atom. The molecule has 19 heavy (non-hydrogen) atoms. The average molecular weight is 271 g/mol. The Hall–Kier alpha value is -1.63. The van der Waals surface area contributed by atoms with Crippen molar-refractivity contribution in [1.82, 2.24) is 10.4 Å². The highest BCUT2D eigenvalue weighted by Gasteiger charge is 2.29. The molecule has 0 bridgehead atoms. The lowest BCUT2D eigenvalue weighted by molar-refractivity contribution is -0.145. The van der Waals surface area contributed by atoms with Crippen molar-refractivity contribution in [1.29, 1.82) is 0 Å². The standard InChI is InChI=1S/C12H21N3O4/c1-8(2)12(18)15-5-3-4-9(6-15)11(17)14-19-7-10(13)16/h8-9H,3-7H2,1-2H3,(H2,13,16)(H,14,17). The van der Waals surface area contributed by atoms with Crippen LogP contribution >= 0.6 is 0 Å². The number of rotatable bonds is 5. The van der Waals surface area contributed by atoms with E-state index < -0.39 is 5.91 Å². The Kier molecular flexibility index (Phi) is 5.75. The minimum absolute atomic E-state index is 0.0514. The molecule has 1 aliphatic heterocycles. The zero-order valence-electron chi connectivity index (χ0n) is 11.3. The Bertz CT molecular complexity index is 357. The molecule has 0 aromatic heterocycles. The van der Waals surface area contributed by atoms with Gasteiger partial charge in [0, 0.05) is 19.0 Å². The topological polar surface area (TPSA) is 102 Å². The maximum Gasteiger partial charge on any atom is 0.248 e. The number of hydroxylamine groups is 1. The maximum absolute atomic E-state index is 11.9. The number of likely N-dealkylation sites (tertiary alicyclic amines) is 1. The summed E-state index contributed by atoms with van der Waals surface area (Å²) in [5.41, 5.74) is 7.08. The van der Waals surface area contributed by atoms with E-state index in [1.165, 1.54) is 0 Å². The first-order chi connectivity index (χ1) is 8.91. The molecular formula is C12H21N3O4. The molecule has 1 fully saturated rings. The summed E-state index contributed by atoms with van der Waals surface area (Å²) in [4.78, 5) is 40.5. The van der Waals surface area contributed by atoms with Crippen molar-refractivity contribution < 1.29 is 19.2 Å². The number of piperidine rings is 1. The Balaban J connectivity index is 2.43. The van der Waals surface area contributed by atoms with Gasteiger partial charge in [0.25, 0.3) is 0 Å². The molecule has 0 radical (unpaired) electrons. The fraction of sp³-hybridized carbons (Fsp3) is 0.750. The molecule has 0 aromatic carbocycles. The second kappa shape index (κ2) is 7.08. The van der Waals surface area contributed by atoms with Crippen molar-refractivity contribution in [3.05, 3.63) is 0 Å². The molecule has 1 saturated heterocycles. The Morgan fingerprint density at radius 1 is 1.42 bits per heavy atom. The van der Waals surface area contributed by atoms with Crippen molar-refractivity contribution in [2.24, 2.45) is 17.6 Å². The lowest BCUT2D eigenvalue weighted by Gasteiger charge is -2.33. The molecule has 108 valence electrons. The number of primary amides is 1. The van der Waals surface area contributed by atoms with Crippen LogP contribution in [0.5, 0.6) is 0 Å². The summed E-state index contributed by atoms with van der Waals surface area (Å²) >= 11 is 0. The predicted molar refractivity (Wildman–Crippen MR) is 67.4 cm³/mol. The largest absolute Gasteiger partial charge is 0.368 e. The Labute approximate surface area is 112 Å². The monoisotopic (exact) mass is 271 g/mol. The minimum atomic E-state index is -0.652. The summed E-state index contributed by atoms with van der Waals surface area (Å²) in [7, 11) is 0. The van der Waals surface area contributed by atoms with Crippen LogP contribution in [0.1, 0.15) is 26.7 Å². The Morgan fingerprint density at radius 2 is 2.11 bits per heavy atom. The van der Waals surface area contributed by atoms with Gasteiger partial charge in [0.2, 0.25) is 17.7 Å². The molecule has 1 atom stereocenters. The quantitative estimate of drug-likeness (QED) is 0.653. The van der Waals surface area contributed by atoms with Gasteiger partial charge in [0.05, 0.1) is 5.92 Å². The number of hydrogen-bond acceptors (Lipinski definition) is 4. The van der Waals surface area contributed by atoms with E-state index >= 15 is 0 Å². The van der Waals surface area contributed by atoms with Gasteiger partial charge in [-0.3, -0.25) is 19.2 Å². The molecule has 1 heterocycles. The summed E-state index contributed by atoms with van der Waals surface area (Å²) in [5, 5.41) is 0. The number of nitrogens with zero attached hydrogens (tertiary/aromatic N) is 1. The van der Waals surface area contributed by atoms with Crippen molar-refractivity contribution >= 4 is 17.7 Å². The molecule has 0 aliphatic carbocycles. The molecule has 1 unspecified atom stereocenters. The zero-order valence-corrected chi connectivity index (χ0v) is 11.3. The summed E-state index contributed by atoms with van der Waals surface area (Å²) < 4.78 is 0. The fourth-order valence-corrected chi connectivity index (χ4v) is 2.02. The first kappa shape index (κ1) is 15.4. The van der Waals surface area contributed by atoms with Crippen LogP contribution in [0.3, 0.4) is 0 Å². The molecule has 7 nitrogen and oxygen atoms in total. The van der Waals surface area contributed by atoms with E-state index in [1.807, 2.05) is 13.8 Å². The van der Waals surface area contributed by atoms with Crippen LogP contribution < -0.4 is 11.2 Å². The van der Waals surface area contributed by atoms with Crippen molar-refractivity contribution in [3.63, 3.8) is 0 Å². The van der Waals surface area contributed by atoms with Crippen LogP contribution in [0, 0.1) is 11.8 Å². The van der Waals surface area contributed by atoms with Gasteiger partial charge in [-0.15, -0.1) is 0 Å². The van der Waals surface area contributed by atoms with E-state index in [-0.39, 0.29) is 30.3 Å². The fourth-order valence-electron chi connectivity index (χ4n) is 2.02. The van der Waals surface area contributed by atoms with Crippen LogP contribution in [0.2, 0.25) is 0 Å². The highest BCUT2D eigenvalue weighted by molar-refractivity contribution is 5.81. The molecular weight excluding hydrogens is 250 g/mol. The molecule has 0 spiro atoms. The molecule has 3 amide bonds. The third kappa shape index (κ3) is 4.86. The normalized spacial score (nSPS) is 19.3. The average Bonchev–Trinajstić information content (AvgIpc) is 2.37. The van der Waals surface area contributed by atoms with Gasteiger partial charge in [0.1, 0.15) is 0 Å². The molecule has 1 aliphatic rings. The first-order valence-corrected chi connectivity index (χ1v) is 6.40. The SMILES string of the molecule is CC(C)C(=O)N1CCCC(C(=O)NOCC(N)=O)C1. The van der Waals surface area contributed by atoms with Gasteiger partial charge in [0.15, 0.2) is 6.61 Å². The number of nitrogens with two attached hydrogens (primary N) is 1. The van der Waals surface area contributed by atoms with E-state index in [0.29, 0.717) is 19.5 Å². The van der Waals surface area contributed by atoms with Gasteiger partial charge in [-0.05, 0) is 12.8 Å². The van der Waals surface area contributed by atoms with Gasteiger partial charge in [-0.2, -0.15) is 0 Å². The van der Waals surface area contributed by atoms with E-state index in [9.17, 15) is 14.4 Å². The van der Waals surface area contributed by atoms with Crippen molar-refractivity contribution in [2.75, 3.05) is 19.7 Å². The van der Waals surface area contributed by atoms with E-state index in [1.54, 1.807) is 4.90 Å². The predicted octanol–water partition coefficient (Wildman–Crippen LogP) is -0.586. The second-order valence-corrected chi connectivity index (χ2v) is 5.00. The summed E-state index contributed by atoms with van der Waals surface area (Å²) in [6.45, 7) is 4.39. The summed E-state index contributed by atoms with van der Waals surface area (Å²) in [6, 6.07) is 0. The summed E-state index contributed by atoms with van der Waals surface area (Å²) in [5.74, 6) is -1.30. The van der Waals surface area contributed by atoms with E-state index in [4.69, 9.17) is 5.73 Å². The highest BCUT2D eigenvalue weighted by Crippen LogP contribution is 2.18. The maximum atomic E-state index is 11.9. The molecule has 3 N–H and O–H groups in total. The zero-order chi connectivity index (χ0) is 14.4. The number of carbonyl (C=O) groups excluding carboxylic acids is 3. The third-order valence-electron chi connectivity index (χ3n) is 2.98. The minimum Gasteiger partial charge on any atom is -0.368 e. The molecule has 0 saturated carbocycles. The van der Waals surface area contributed by atoms with Crippen molar-refractivity contribution in [2.45, 2.75) is 26.7 Å². The van der Waals surface area contributed by atoms with Gasteiger partial charge in [-0.1, -0.05) is 13.8 Å². The lowest BCUT2D eigenvalue weighted by atomic mass is 9.96. The van der Waals surface area contributed by atoms with Crippen LogP contribution in [-0.2, 0) is 19.2 Å². The molecule has 7 heteroatoms. The van der Waals surface area contributed by atoms with Crippen LogP contribution in [0.15, 0.2) is 0 Å². The summed E-state index contributed by atoms with van der Waals surface area (Å²) in [6.07, 6.45) is 1.49. The number of amides is 3. The third-order valence-corrected chi connectivity index (χ3v) is 2.98.